The Labute approximate surface area is 201 Å². The van der Waals surface area contributed by atoms with Gasteiger partial charge in [-0.25, -0.2) is 0 Å². The van der Waals surface area contributed by atoms with Crippen LogP contribution in [-0.2, 0) is 13.0 Å². The van der Waals surface area contributed by atoms with Crippen molar-refractivity contribution in [3.05, 3.63) is 89.0 Å². The quantitative estimate of drug-likeness (QED) is 0.531. The Morgan fingerprint density at radius 2 is 1.65 bits per heavy atom. The van der Waals surface area contributed by atoms with Crippen LogP contribution in [0.5, 0.6) is 17.2 Å². The second-order valence-electron chi connectivity index (χ2n) is 8.55. The van der Waals surface area contributed by atoms with Crippen molar-refractivity contribution in [2.75, 3.05) is 27.9 Å². The number of amides is 1. The summed E-state index contributed by atoms with van der Waals surface area (Å²) in [5, 5.41) is 3.23. The topological polar surface area (TPSA) is 60.0 Å². The molecule has 1 amide bonds. The molecule has 1 N–H and O–H groups in total. The Balaban J connectivity index is 1.67. The van der Waals surface area contributed by atoms with Crippen molar-refractivity contribution in [3.8, 4) is 17.2 Å². The van der Waals surface area contributed by atoms with Crippen molar-refractivity contribution < 1.29 is 19.0 Å². The molecule has 6 nitrogen and oxygen atoms in total. The predicted octanol–water partition coefficient (Wildman–Crippen LogP) is 4.63. The van der Waals surface area contributed by atoms with E-state index in [2.05, 4.69) is 41.4 Å². The average Bonchev–Trinajstić information content (AvgIpc) is 2.88. The molecule has 0 radical (unpaired) electrons. The maximum atomic E-state index is 13.0. The van der Waals surface area contributed by atoms with E-state index in [1.165, 1.54) is 11.1 Å². The molecule has 0 fully saturated rings. The van der Waals surface area contributed by atoms with E-state index in [0.717, 1.165) is 36.6 Å². The lowest BCUT2D eigenvalue weighted by Gasteiger charge is -2.41. The second kappa shape index (κ2) is 10.6. The molecule has 1 heterocycles. The highest BCUT2D eigenvalue weighted by Crippen LogP contribution is 2.40. The van der Waals surface area contributed by atoms with Crippen LogP contribution in [0.4, 0.5) is 0 Å². The van der Waals surface area contributed by atoms with Gasteiger partial charge in [-0.2, -0.15) is 0 Å². The summed E-state index contributed by atoms with van der Waals surface area (Å²) in [6.07, 6.45) is 0.891. The number of methoxy groups -OCH3 is 3. The number of nitrogens with one attached hydrogen (secondary N) is 1. The number of ether oxygens (including phenoxy) is 3. The molecule has 0 aromatic heterocycles. The van der Waals surface area contributed by atoms with Gasteiger partial charge in [0.05, 0.1) is 27.4 Å². The zero-order chi connectivity index (χ0) is 24.1. The average molecular weight is 461 g/mol. The minimum absolute atomic E-state index is 0.0293. The predicted molar refractivity (Wildman–Crippen MR) is 133 cm³/mol. The van der Waals surface area contributed by atoms with Gasteiger partial charge in [-0.05, 0) is 66.4 Å². The van der Waals surface area contributed by atoms with E-state index < -0.39 is 0 Å². The van der Waals surface area contributed by atoms with Crippen molar-refractivity contribution in [1.82, 2.24) is 10.2 Å². The fraction of sp³-hybridized carbons (Fsp3) is 0.321. The molecule has 1 aliphatic rings. The fourth-order valence-electron chi connectivity index (χ4n) is 4.72. The van der Waals surface area contributed by atoms with Gasteiger partial charge >= 0.3 is 0 Å². The SMILES string of the molecule is COc1ccc(CN2CCc3cc(OC)c(OC)cc3[C@@H]2[C@H](C)NC(=O)c2ccccc2)cc1. The smallest absolute Gasteiger partial charge is 0.251 e. The van der Waals surface area contributed by atoms with Gasteiger partial charge in [-0.3, -0.25) is 9.69 Å². The molecule has 0 saturated heterocycles. The van der Waals surface area contributed by atoms with Crippen LogP contribution in [0.25, 0.3) is 0 Å². The maximum Gasteiger partial charge on any atom is 0.251 e. The summed E-state index contributed by atoms with van der Waals surface area (Å²) in [6, 6.07) is 21.4. The first kappa shape index (κ1) is 23.6. The Hall–Kier alpha value is -3.51. The molecule has 34 heavy (non-hydrogen) atoms. The summed E-state index contributed by atoms with van der Waals surface area (Å²) in [6.45, 7) is 3.69. The third-order valence-electron chi connectivity index (χ3n) is 6.44. The highest BCUT2D eigenvalue weighted by molar-refractivity contribution is 5.94. The first-order valence-corrected chi connectivity index (χ1v) is 11.5. The summed E-state index contributed by atoms with van der Waals surface area (Å²) in [4.78, 5) is 15.4. The summed E-state index contributed by atoms with van der Waals surface area (Å²) < 4.78 is 16.5. The van der Waals surface area contributed by atoms with Crippen LogP contribution >= 0.6 is 0 Å². The van der Waals surface area contributed by atoms with Crippen LogP contribution in [0.3, 0.4) is 0 Å². The lowest BCUT2D eigenvalue weighted by molar-refractivity contribution is 0.0877. The van der Waals surface area contributed by atoms with Gasteiger partial charge in [0.15, 0.2) is 11.5 Å². The van der Waals surface area contributed by atoms with E-state index in [4.69, 9.17) is 14.2 Å². The number of carbonyl (C=O) groups is 1. The molecule has 0 unspecified atom stereocenters. The standard InChI is InChI=1S/C28H32N2O4/c1-19(29-28(31)21-8-6-5-7-9-21)27-24-17-26(34-4)25(33-3)16-22(24)14-15-30(27)18-20-10-12-23(32-2)13-11-20/h5-13,16-17,19,27H,14-15,18H2,1-4H3,(H,29,31)/t19-,27-/m0/s1. The molecular formula is C28H32N2O4. The minimum Gasteiger partial charge on any atom is -0.497 e. The molecule has 2 atom stereocenters. The molecule has 0 bridgehead atoms. The molecule has 178 valence electrons. The monoisotopic (exact) mass is 460 g/mol. The number of rotatable bonds is 8. The van der Waals surface area contributed by atoms with Crippen LogP contribution in [-0.4, -0.2) is 44.7 Å². The molecular weight excluding hydrogens is 428 g/mol. The number of hydrogen-bond acceptors (Lipinski definition) is 5. The first-order chi connectivity index (χ1) is 16.5. The van der Waals surface area contributed by atoms with Gasteiger partial charge in [0.2, 0.25) is 0 Å². The Morgan fingerprint density at radius 1 is 0.971 bits per heavy atom. The molecule has 3 aromatic carbocycles. The minimum atomic E-state index is -0.136. The lowest BCUT2D eigenvalue weighted by atomic mass is 9.87. The van der Waals surface area contributed by atoms with Crippen LogP contribution < -0.4 is 19.5 Å². The summed E-state index contributed by atoms with van der Waals surface area (Å²) in [5.74, 6) is 2.18. The molecule has 0 aliphatic carbocycles. The Bertz CT molecular complexity index is 1120. The third-order valence-corrected chi connectivity index (χ3v) is 6.44. The Morgan fingerprint density at radius 3 is 2.29 bits per heavy atom. The van der Waals surface area contributed by atoms with E-state index in [1.54, 1.807) is 21.3 Å². The number of benzene rings is 3. The van der Waals surface area contributed by atoms with E-state index in [9.17, 15) is 4.79 Å². The van der Waals surface area contributed by atoms with Crippen LogP contribution in [0.1, 0.15) is 40.0 Å². The number of hydrogen-bond donors (Lipinski definition) is 1. The number of carbonyl (C=O) groups excluding carboxylic acids is 1. The summed E-state index contributed by atoms with van der Waals surface area (Å²) in [5.41, 5.74) is 4.21. The van der Waals surface area contributed by atoms with Crippen molar-refractivity contribution in [1.29, 1.82) is 0 Å². The van der Waals surface area contributed by atoms with E-state index in [0.29, 0.717) is 11.3 Å². The Kier molecular flexibility index (Phi) is 7.38. The van der Waals surface area contributed by atoms with Crippen LogP contribution in [0.15, 0.2) is 66.7 Å². The largest absolute Gasteiger partial charge is 0.497 e. The number of fused-ring (bicyclic) bond motifs is 1. The van der Waals surface area contributed by atoms with Gasteiger partial charge in [-0.1, -0.05) is 30.3 Å². The lowest BCUT2D eigenvalue weighted by Crippen LogP contribution is -2.47. The maximum absolute atomic E-state index is 13.0. The third kappa shape index (κ3) is 5.02. The van der Waals surface area contributed by atoms with Crippen LogP contribution in [0.2, 0.25) is 0 Å². The molecule has 0 spiro atoms. The van der Waals surface area contributed by atoms with Crippen molar-refractivity contribution in [2.45, 2.75) is 32.0 Å². The molecule has 1 aliphatic heterocycles. The molecule has 3 aromatic rings. The molecule has 4 rings (SSSR count). The van der Waals surface area contributed by atoms with E-state index >= 15 is 0 Å². The van der Waals surface area contributed by atoms with Gasteiger partial charge in [-0.15, -0.1) is 0 Å². The van der Waals surface area contributed by atoms with E-state index in [-0.39, 0.29) is 18.0 Å². The highest BCUT2D eigenvalue weighted by atomic mass is 16.5. The van der Waals surface area contributed by atoms with Crippen molar-refractivity contribution >= 4 is 5.91 Å². The fourth-order valence-corrected chi connectivity index (χ4v) is 4.72. The molecule has 6 heteroatoms. The zero-order valence-corrected chi connectivity index (χ0v) is 20.2. The first-order valence-electron chi connectivity index (χ1n) is 11.5. The van der Waals surface area contributed by atoms with Gasteiger partial charge < -0.3 is 19.5 Å². The van der Waals surface area contributed by atoms with Gasteiger partial charge in [0.1, 0.15) is 5.75 Å². The molecule has 0 saturated carbocycles. The summed E-state index contributed by atoms with van der Waals surface area (Å²) in [7, 11) is 4.98. The second-order valence-corrected chi connectivity index (χ2v) is 8.55. The highest BCUT2D eigenvalue weighted by Gasteiger charge is 2.34. The summed E-state index contributed by atoms with van der Waals surface area (Å²) >= 11 is 0. The zero-order valence-electron chi connectivity index (χ0n) is 20.2. The van der Waals surface area contributed by atoms with Crippen molar-refractivity contribution in [2.24, 2.45) is 0 Å². The van der Waals surface area contributed by atoms with Crippen molar-refractivity contribution in [3.63, 3.8) is 0 Å². The normalized spacial score (nSPS) is 16.3. The number of nitrogens with zero attached hydrogens (tertiary/aromatic N) is 1. The van der Waals surface area contributed by atoms with Crippen LogP contribution in [0, 0.1) is 0 Å². The van der Waals surface area contributed by atoms with E-state index in [1.807, 2.05) is 42.5 Å². The van der Waals surface area contributed by atoms with Gasteiger partial charge in [0.25, 0.3) is 5.91 Å². The van der Waals surface area contributed by atoms with Gasteiger partial charge in [0, 0.05) is 24.7 Å².